The van der Waals surface area contributed by atoms with Crippen molar-refractivity contribution < 1.29 is 0 Å². The van der Waals surface area contributed by atoms with E-state index in [9.17, 15) is 0 Å². The molecule has 1 unspecified atom stereocenters. The van der Waals surface area contributed by atoms with E-state index in [1.54, 1.807) is 0 Å². The zero-order valence-corrected chi connectivity index (χ0v) is 35.2. The molecule has 0 saturated carbocycles. The van der Waals surface area contributed by atoms with Crippen LogP contribution in [-0.2, 0) is 5.41 Å². The fourth-order valence-corrected chi connectivity index (χ4v) is 12.1. The molecule has 6 heteroatoms. The summed E-state index contributed by atoms with van der Waals surface area (Å²) >= 11 is 1.89. The van der Waals surface area contributed by atoms with Crippen molar-refractivity contribution in [2.75, 3.05) is 0 Å². The lowest BCUT2D eigenvalue weighted by Crippen LogP contribution is -2.37. The predicted octanol–water partition coefficient (Wildman–Crippen LogP) is 14.2. The Bertz CT molecular complexity index is 3830. The Kier molecular flexibility index (Phi) is 7.48. The zero-order valence-electron chi connectivity index (χ0n) is 34.4. The van der Waals surface area contributed by atoms with E-state index in [4.69, 9.17) is 15.0 Å². The number of hydrogen-bond donors (Lipinski definition) is 0. The number of hydrogen-bond acceptors (Lipinski definition) is 4. The van der Waals surface area contributed by atoms with E-state index in [0.29, 0.717) is 17.5 Å². The van der Waals surface area contributed by atoms with Crippen LogP contribution in [0.4, 0.5) is 0 Å². The highest BCUT2D eigenvalue weighted by molar-refractivity contribution is 7.99. The van der Waals surface area contributed by atoms with Crippen LogP contribution in [-0.4, -0.2) is 24.1 Å². The van der Waals surface area contributed by atoms with Crippen molar-refractivity contribution in [3.05, 3.63) is 235 Å². The van der Waals surface area contributed by atoms with Gasteiger partial charge in [-0.3, -0.25) is 0 Å². The Morgan fingerprint density at radius 1 is 0.359 bits per heavy atom. The molecule has 1 atom stereocenters. The highest BCUT2D eigenvalue weighted by Gasteiger charge is 2.50. The first-order chi connectivity index (χ1) is 31.8. The molecule has 0 bridgehead atoms. The second-order valence-corrected chi connectivity index (χ2v) is 17.8. The number of aromatic nitrogens is 5. The Morgan fingerprint density at radius 3 is 1.62 bits per heavy atom. The number of rotatable bonds is 4. The molecule has 12 aromatic rings. The molecule has 9 aromatic carbocycles. The summed E-state index contributed by atoms with van der Waals surface area (Å²) in [5.74, 6) is 1.91. The van der Waals surface area contributed by atoms with Crippen LogP contribution in [0.3, 0.4) is 0 Å². The molecule has 0 amide bonds. The average molecular weight is 834 g/mol. The van der Waals surface area contributed by atoms with Crippen molar-refractivity contribution in [1.29, 1.82) is 0 Å². The number of nitrogens with zero attached hydrogens (tertiary/aromatic N) is 5. The van der Waals surface area contributed by atoms with Crippen LogP contribution in [0.15, 0.2) is 222 Å². The van der Waals surface area contributed by atoms with Crippen molar-refractivity contribution in [1.82, 2.24) is 24.1 Å². The van der Waals surface area contributed by atoms with E-state index in [1.807, 2.05) is 48.2 Å². The van der Waals surface area contributed by atoms with Gasteiger partial charge in [0.15, 0.2) is 17.5 Å². The lowest BCUT2D eigenvalue weighted by atomic mass is 9.62. The Hall–Kier alpha value is -8.06. The summed E-state index contributed by atoms with van der Waals surface area (Å²) in [6, 6.07) is 76.7. The Morgan fingerprint density at radius 2 is 0.891 bits per heavy atom. The highest BCUT2D eigenvalue weighted by Crippen LogP contribution is 2.62. The van der Waals surface area contributed by atoms with Gasteiger partial charge in [-0.05, 0) is 58.7 Å². The van der Waals surface area contributed by atoms with Crippen LogP contribution in [0.5, 0.6) is 0 Å². The first-order valence-electron chi connectivity index (χ1n) is 21.7. The molecule has 64 heavy (non-hydrogen) atoms. The minimum Gasteiger partial charge on any atom is -0.309 e. The van der Waals surface area contributed by atoms with Crippen molar-refractivity contribution in [3.63, 3.8) is 0 Å². The largest absolute Gasteiger partial charge is 0.309 e. The molecule has 0 fully saturated rings. The summed E-state index contributed by atoms with van der Waals surface area (Å²) in [5, 5.41) is 4.97. The van der Waals surface area contributed by atoms with Crippen LogP contribution in [0.1, 0.15) is 22.3 Å². The molecule has 298 valence electrons. The van der Waals surface area contributed by atoms with Crippen LogP contribution in [0.2, 0.25) is 0 Å². The van der Waals surface area contributed by atoms with Gasteiger partial charge in [-0.2, -0.15) is 0 Å². The summed E-state index contributed by atoms with van der Waals surface area (Å²) in [5.41, 5.74) is 14.5. The molecular weight excluding hydrogens is 799 g/mol. The van der Waals surface area contributed by atoms with Gasteiger partial charge in [0.25, 0.3) is 0 Å². The van der Waals surface area contributed by atoms with Gasteiger partial charge >= 0.3 is 0 Å². The Labute approximate surface area is 373 Å². The van der Waals surface area contributed by atoms with E-state index in [1.165, 1.54) is 75.8 Å². The fourth-order valence-electron chi connectivity index (χ4n) is 10.8. The van der Waals surface area contributed by atoms with E-state index in [-0.39, 0.29) is 0 Å². The van der Waals surface area contributed by atoms with Crippen LogP contribution < -0.4 is 0 Å². The Balaban J connectivity index is 1.06. The average Bonchev–Trinajstić information content (AvgIpc) is 3.90. The maximum Gasteiger partial charge on any atom is 0.164 e. The van der Waals surface area contributed by atoms with Crippen molar-refractivity contribution in [2.45, 2.75) is 15.2 Å². The lowest BCUT2D eigenvalue weighted by molar-refractivity contribution is 0.691. The minimum absolute atomic E-state index is 0.596. The van der Waals surface area contributed by atoms with Crippen LogP contribution >= 0.6 is 11.8 Å². The van der Waals surface area contributed by atoms with Gasteiger partial charge in [0, 0.05) is 53.7 Å². The fraction of sp³-hybridized carbons (Fsp3) is 0.0172. The standard InChI is InChI=1S/C58H35N5S/c1-3-17-36(18-4-1)55-59-56(37-19-5-2-6-20-37)61-57(60-55)38-21-15-22-39(35-38)62-48-29-11-7-24-41(48)43-33-34-47-54(53(43)62)64-51-32-14-10-27-45(51)58(47)44-26-9-13-31-50(44)63-49-30-12-8-23-40(49)42-25-16-28-46(58)52(42)63/h1-35H. The molecule has 0 aliphatic carbocycles. The van der Waals surface area contributed by atoms with Gasteiger partial charge in [-0.15, -0.1) is 0 Å². The lowest BCUT2D eigenvalue weighted by Gasteiger charge is -2.45. The molecule has 1 spiro atoms. The van der Waals surface area contributed by atoms with Gasteiger partial charge in [-0.1, -0.05) is 188 Å². The third-order valence-electron chi connectivity index (χ3n) is 13.4. The molecule has 0 N–H and O–H groups in total. The topological polar surface area (TPSA) is 48.5 Å². The maximum absolute atomic E-state index is 5.14. The van der Waals surface area contributed by atoms with Crippen LogP contribution in [0, 0.1) is 0 Å². The van der Waals surface area contributed by atoms with Crippen molar-refractivity contribution in [2.24, 2.45) is 0 Å². The van der Waals surface area contributed by atoms with Gasteiger partial charge in [0.1, 0.15) is 0 Å². The summed E-state index contributed by atoms with van der Waals surface area (Å²) in [4.78, 5) is 17.8. The smallest absolute Gasteiger partial charge is 0.164 e. The molecule has 5 heterocycles. The first-order valence-corrected chi connectivity index (χ1v) is 22.5. The van der Waals surface area contributed by atoms with Gasteiger partial charge in [-0.25, -0.2) is 15.0 Å². The minimum atomic E-state index is -0.596. The quantitative estimate of drug-likeness (QED) is 0.177. The molecule has 5 nitrogen and oxygen atoms in total. The molecule has 3 aromatic heterocycles. The number of para-hydroxylation sites is 4. The molecule has 2 aliphatic heterocycles. The maximum atomic E-state index is 5.14. The second kappa shape index (κ2) is 13.5. The molecule has 14 rings (SSSR count). The number of benzene rings is 9. The predicted molar refractivity (Wildman–Crippen MR) is 261 cm³/mol. The van der Waals surface area contributed by atoms with Crippen LogP contribution in [0.25, 0.3) is 89.2 Å². The number of fused-ring (bicyclic) bond motifs is 15. The SMILES string of the molecule is c1ccc(-c2nc(-c3ccccc3)nc(-c3cccc(-n4c5ccccc5c5ccc6c(c54)Sc4ccccc4C64c5ccccc5-n5c6ccccc6c6cccc4c65)c3)n2)cc1. The third kappa shape index (κ3) is 4.83. The van der Waals surface area contributed by atoms with Gasteiger partial charge in [0.2, 0.25) is 0 Å². The summed E-state index contributed by atoms with van der Waals surface area (Å²) in [7, 11) is 0. The highest BCUT2D eigenvalue weighted by atomic mass is 32.2. The van der Waals surface area contributed by atoms with E-state index >= 15 is 0 Å². The second-order valence-electron chi connectivity index (χ2n) is 16.7. The monoisotopic (exact) mass is 833 g/mol. The molecule has 0 radical (unpaired) electrons. The first kappa shape index (κ1) is 35.5. The van der Waals surface area contributed by atoms with Crippen molar-refractivity contribution in [3.8, 4) is 45.5 Å². The van der Waals surface area contributed by atoms with Gasteiger partial charge < -0.3 is 9.13 Å². The zero-order chi connectivity index (χ0) is 41.9. The van der Waals surface area contributed by atoms with Crippen molar-refractivity contribution >= 4 is 55.4 Å². The van der Waals surface area contributed by atoms with Gasteiger partial charge in [0.05, 0.1) is 33.2 Å². The normalized spacial score (nSPS) is 14.9. The summed E-state index contributed by atoms with van der Waals surface area (Å²) < 4.78 is 4.99. The molecule has 0 saturated heterocycles. The third-order valence-corrected chi connectivity index (χ3v) is 14.6. The molecular formula is C58H35N5S. The van der Waals surface area contributed by atoms with E-state index in [0.717, 1.165) is 27.9 Å². The molecule has 2 aliphatic rings. The van der Waals surface area contributed by atoms with E-state index < -0.39 is 5.41 Å². The summed E-state index contributed by atoms with van der Waals surface area (Å²) in [6.45, 7) is 0. The summed E-state index contributed by atoms with van der Waals surface area (Å²) in [6.07, 6.45) is 0. The van der Waals surface area contributed by atoms with E-state index in [2.05, 4.69) is 185 Å².